The molecule has 0 aromatic carbocycles. The lowest BCUT2D eigenvalue weighted by Crippen LogP contribution is -2.69. The highest BCUT2D eigenvalue weighted by Crippen LogP contribution is 2.38. The van der Waals surface area contributed by atoms with Gasteiger partial charge in [0.15, 0.2) is 0 Å². The Labute approximate surface area is 250 Å². The summed E-state index contributed by atoms with van der Waals surface area (Å²) in [7, 11) is 1.64. The smallest absolute Gasteiger partial charge is 0.212 e. The van der Waals surface area contributed by atoms with Gasteiger partial charge in [-0.1, -0.05) is 6.07 Å². The Morgan fingerprint density at radius 3 is 2.51 bits per heavy atom. The van der Waals surface area contributed by atoms with Crippen molar-refractivity contribution < 1.29 is 14.2 Å². The number of ether oxygens (including phenoxy) is 3. The molecule has 11 nitrogen and oxygen atoms in total. The Balaban J connectivity index is 0.962. The molecule has 6 fully saturated rings. The number of anilines is 1. The van der Waals surface area contributed by atoms with Gasteiger partial charge < -0.3 is 19.1 Å². The first kappa shape index (κ1) is 26.4. The highest BCUT2D eigenvalue weighted by molar-refractivity contribution is 5.85. The first-order chi connectivity index (χ1) is 21.1. The van der Waals surface area contributed by atoms with Gasteiger partial charge in [-0.3, -0.25) is 9.80 Å². The molecule has 0 aliphatic carbocycles. The minimum absolute atomic E-state index is 0.386. The molecule has 0 N–H and O–H groups in total. The number of fused-ring (bicyclic) bond motifs is 5. The number of morpholine rings is 1. The Hall–Kier alpha value is -4.24. The first-order valence-corrected chi connectivity index (χ1v) is 15.0. The Kier molecular flexibility index (Phi) is 6.62. The summed E-state index contributed by atoms with van der Waals surface area (Å²) in [5, 5.41) is 14.2. The molecule has 4 bridgehead atoms. The third-order valence-electron chi connectivity index (χ3n) is 9.22. The number of piperazine rings is 1. The molecule has 4 atom stereocenters. The van der Waals surface area contributed by atoms with Crippen molar-refractivity contribution in [2.45, 2.75) is 43.7 Å². The van der Waals surface area contributed by atoms with Crippen LogP contribution in [0.25, 0.3) is 16.6 Å². The molecule has 220 valence electrons. The van der Waals surface area contributed by atoms with E-state index < -0.39 is 0 Å². The van der Waals surface area contributed by atoms with Crippen LogP contribution in [0.3, 0.4) is 0 Å². The lowest BCUT2D eigenvalue weighted by Gasteiger charge is -2.57. The highest BCUT2D eigenvalue weighted by atomic mass is 16.5. The van der Waals surface area contributed by atoms with Crippen molar-refractivity contribution in [3.05, 3.63) is 66.2 Å². The van der Waals surface area contributed by atoms with E-state index in [0.29, 0.717) is 42.3 Å². The maximum atomic E-state index is 9.78. The highest BCUT2D eigenvalue weighted by Gasteiger charge is 2.45. The predicted octanol–water partition coefficient (Wildman–Crippen LogP) is 2.99. The third-order valence-corrected chi connectivity index (χ3v) is 9.22. The van der Waals surface area contributed by atoms with Crippen molar-refractivity contribution in [3.63, 3.8) is 0 Å². The van der Waals surface area contributed by atoms with Gasteiger partial charge in [0.1, 0.15) is 24.2 Å². The molecule has 6 aliphatic heterocycles. The van der Waals surface area contributed by atoms with Crippen LogP contribution in [0.1, 0.15) is 24.0 Å². The number of aromatic nitrogens is 4. The van der Waals surface area contributed by atoms with Crippen molar-refractivity contribution >= 4 is 11.3 Å². The summed E-state index contributed by atoms with van der Waals surface area (Å²) < 4.78 is 18.9. The van der Waals surface area contributed by atoms with Gasteiger partial charge >= 0.3 is 0 Å². The van der Waals surface area contributed by atoms with Gasteiger partial charge in [-0.25, -0.2) is 14.5 Å². The van der Waals surface area contributed by atoms with E-state index >= 15 is 0 Å². The summed E-state index contributed by atoms with van der Waals surface area (Å²) in [5.74, 6) is 2.36. The SMILES string of the molecule is COc1ccc(CN2CC3CC(C2)N3c2ccc(-c3cc(OCCN4CC5CC(C4)O5)cn4ncc(C#N)c34)cn2)cn1. The maximum Gasteiger partial charge on any atom is 0.212 e. The van der Waals surface area contributed by atoms with E-state index in [-0.39, 0.29) is 0 Å². The van der Waals surface area contributed by atoms with E-state index in [1.165, 1.54) is 18.4 Å². The second kappa shape index (κ2) is 10.8. The average Bonchev–Trinajstić information content (AvgIpc) is 3.44. The van der Waals surface area contributed by atoms with E-state index in [1.807, 2.05) is 30.7 Å². The largest absolute Gasteiger partial charge is 0.491 e. The summed E-state index contributed by atoms with van der Waals surface area (Å²) in [5.41, 5.74) is 4.32. The zero-order chi connectivity index (χ0) is 28.9. The molecule has 10 rings (SSSR count). The Morgan fingerprint density at radius 1 is 0.977 bits per heavy atom. The number of methoxy groups -OCH3 is 1. The minimum Gasteiger partial charge on any atom is -0.491 e. The molecule has 10 heterocycles. The summed E-state index contributed by atoms with van der Waals surface area (Å²) in [6, 6.07) is 13.4. The van der Waals surface area contributed by atoms with Gasteiger partial charge in [0.05, 0.1) is 42.8 Å². The molecule has 6 aliphatic rings. The standard InChI is InChI=1S/C32H34N8O3/c1-41-31-5-2-21(12-35-31)15-38-16-24-8-25(17-38)40(24)30-4-3-22(13-34-30)29-10-26(20-39-32(29)23(11-33)14-36-39)42-7-6-37-18-27-9-28(19-37)43-27/h2-5,10,12-14,20,24-25,27-28H,6-9,15-19H2,1H3. The van der Waals surface area contributed by atoms with Crippen LogP contribution < -0.4 is 14.4 Å². The molecular weight excluding hydrogens is 544 g/mol. The van der Waals surface area contributed by atoms with Crippen molar-refractivity contribution in [1.29, 1.82) is 5.26 Å². The van der Waals surface area contributed by atoms with E-state index in [0.717, 1.165) is 67.5 Å². The molecule has 6 saturated heterocycles. The first-order valence-electron chi connectivity index (χ1n) is 15.0. The number of nitriles is 1. The van der Waals surface area contributed by atoms with Crippen LogP contribution in [0.5, 0.6) is 11.6 Å². The summed E-state index contributed by atoms with van der Waals surface area (Å²) in [6.45, 7) is 6.27. The van der Waals surface area contributed by atoms with Gasteiger partial charge in [0.2, 0.25) is 5.88 Å². The predicted molar refractivity (Wildman–Crippen MR) is 159 cm³/mol. The normalized spacial score (nSPS) is 24.7. The lowest BCUT2D eigenvalue weighted by molar-refractivity contribution is -0.181. The van der Waals surface area contributed by atoms with Crippen LogP contribution in [0.15, 0.2) is 55.1 Å². The third kappa shape index (κ3) is 4.95. The Bertz CT molecular complexity index is 1640. The molecule has 0 amide bonds. The van der Waals surface area contributed by atoms with E-state index in [2.05, 4.69) is 49.1 Å². The van der Waals surface area contributed by atoms with Crippen LogP contribution in [-0.2, 0) is 11.3 Å². The van der Waals surface area contributed by atoms with Gasteiger partial charge in [-0.15, -0.1) is 0 Å². The second-order valence-corrected chi connectivity index (χ2v) is 12.0. The molecule has 11 heteroatoms. The number of pyridine rings is 3. The zero-order valence-electron chi connectivity index (χ0n) is 24.2. The van der Waals surface area contributed by atoms with Gasteiger partial charge in [0, 0.05) is 87.4 Å². The molecule has 0 spiro atoms. The van der Waals surface area contributed by atoms with Crippen LogP contribution in [-0.4, -0.2) is 100 Å². The molecule has 4 unspecified atom stereocenters. The van der Waals surface area contributed by atoms with Gasteiger partial charge in [-0.05, 0) is 30.2 Å². The Morgan fingerprint density at radius 2 is 1.81 bits per heavy atom. The van der Waals surface area contributed by atoms with E-state index in [4.69, 9.17) is 19.2 Å². The molecule has 0 saturated carbocycles. The fourth-order valence-corrected chi connectivity index (χ4v) is 7.17. The molecule has 4 aromatic rings. The number of rotatable bonds is 9. The molecule has 4 aromatic heterocycles. The number of hydrogen-bond acceptors (Lipinski definition) is 10. The topological polar surface area (TPSA) is 104 Å². The summed E-state index contributed by atoms with van der Waals surface area (Å²) in [4.78, 5) is 16.6. The summed E-state index contributed by atoms with van der Waals surface area (Å²) >= 11 is 0. The van der Waals surface area contributed by atoms with E-state index in [1.54, 1.807) is 17.8 Å². The van der Waals surface area contributed by atoms with Crippen molar-refractivity contribution in [1.82, 2.24) is 29.4 Å². The number of piperidine rings is 2. The number of nitrogens with zero attached hydrogens (tertiary/aromatic N) is 8. The molecule has 0 radical (unpaired) electrons. The minimum atomic E-state index is 0.386. The fraction of sp³-hybridized carbons (Fsp3) is 0.438. The van der Waals surface area contributed by atoms with Gasteiger partial charge in [-0.2, -0.15) is 10.4 Å². The maximum absolute atomic E-state index is 9.78. The quantitative estimate of drug-likeness (QED) is 0.294. The van der Waals surface area contributed by atoms with Gasteiger partial charge in [0.25, 0.3) is 0 Å². The lowest BCUT2D eigenvalue weighted by atomic mass is 9.87. The fourth-order valence-electron chi connectivity index (χ4n) is 7.17. The van der Waals surface area contributed by atoms with Crippen LogP contribution in [0, 0.1) is 11.3 Å². The van der Waals surface area contributed by atoms with Crippen LogP contribution >= 0.6 is 0 Å². The zero-order valence-corrected chi connectivity index (χ0v) is 24.2. The summed E-state index contributed by atoms with van der Waals surface area (Å²) in [6.07, 6.45) is 10.4. The van der Waals surface area contributed by atoms with E-state index in [9.17, 15) is 5.26 Å². The van der Waals surface area contributed by atoms with Crippen LogP contribution in [0.4, 0.5) is 5.82 Å². The average molecular weight is 579 g/mol. The van der Waals surface area contributed by atoms with Crippen molar-refractivity contribution in [2.24, 2.45) is 0 Å². The molecule has 43 heavy (non-hydrogen) atoms. The van der Waals surface area contributed by atoms with Crippen molar-refractivity contribution in [3.8, 4) is 28.8 Å². The monoisotopic (exact) mass is 578 g/mol. The number of hydrogen-bond donors (Lipinski definition) is 0. The molecular formula is C32H34N8O3. The van der Waals surface area contributed by atoms with Crippen molar-refractivity contribution in [2.75, 3.05) is 51.3 Å². The second-order valence-electron chi connectivity index (χ2n) is 12.0. The van der Waals surface area contributed by atoms with Crippen LogP contribution in [0.2, 0.25) is 0 Å².